The molecule has 1 aliphatic rings. The lowest BCUT2D eigenvalue weighted by molar-refractivity contribution is -0.126. The summed E-state index contributed by atoms with van der Waals surface area (Å²) in [5, 5.41) is 2.93. The van der Waals surface area contributed by atoms with Gasteiger partial charge in [-0.3, -0.25) is 9.69 Å². The molecule has 0 aromatic heterocycles. The third-order valence-corrected chi connectivity index (χ3v) is 5.03. The molecule has 5 nitrogen and oxygen atoms in total. The monoisotopic (exact) mass is 361 g/mol. The van der Waals surface area contributed by atoms with E-state index in [1.54, 1.807) is 6.92 Å². The third-order valence-electron chi connectivity index (χ3n) is 5.03. The van der Waals surface area contributed by atoms with E-state index in [1.807, 2.05) is 6.92 Å². The van der Waals surface area contributed by atoms with Gasteiger partial charge in [0.15, 0.2) is 0 Å². The Kier molecular flexibility index (Phi) is 8.55. The highest BCUT2D eigenvalue weighted by Gasteiger charge is 2.26. The van der Waals surface area contributed by atoms with Crippen LogP contribution < -0.4 is 11.1 Å². The van der Waals surface area contributed by atoms with Crippen molar-refractivity contribution in [1.29, 1.82) is 0 Å². The minimum atomic E-state index is -0.763. The smallest absolute Gasteiger partial charge is 0.239 e. The van der Waals surface area contributed by atoms with Gasteiger partial charge in [-0.25, -0.2) is 0 Å². The zero-order valence-electron chi connectivity index (χ0n) is 16.4. The van der Waals surface area contributed by atoms with E-state index in [9.17, 15) is 4.79 Å². The van der Waals surface area contributed by atoms with Gasteiger partial charge in [0.05, 0.1) is 11.6 Å². The highest BCUT2D eigenvalue weighted by molar-refractivity contribution is 5.85. The van der Waals surface area contributed by atoms with E-state index in [2.05, 4.69) is 40.5 Å². The average Bonchev–Trinajstić information content (AvgIpc) is 2.63. The lowest BCUT2D eigenvalue weighted by Crippen LogP contribution is -2.51. The first kappa shape index (κ1) is 20.9. The number of hydrogen-bond donors (Lipinski definition) is 2. The summed E-state index contributed by atoms with van der Waals surface area (Å²) in [4.78, 5) is 14.5. The van der Waals surface area contributed by atoms with Crippen LogP contribution in [0.25, 0.3) is 0 Å². The van der Waals surface area contributed by atoms with Gasteiger partial charge in [-0.1, -0.05) is 43.7 Å². The summed E-state index contributed by atoms with van der Waals surface area (Å²) in [6, 6.07) is 10.6. The molecular weight excluding hydrogens is 326 g/mol. The summed E-state index contributed by atoms with van der Waals surface area (Å²) in [6.45, 7) is 8.34. The number of benzene rings is 1. The molecule has 3 N–H and O–H groups in total. The molecule has 0 bridgehead atoms. The minimum Gasteiger partial charge on any atom is -0.378 e. The normalized spacial score (nSPS) is 18.4. The van der Waals surface area contributed by atoms with E-state index in [0.29, 0.717) is 25.7 Å². The SMILES string of the molecule is CCCC(C)(N)C(=O)NCCCOC1CCN(Cc2ccccc2)CC1. The van der Waals surface area contributed by atoms with Crippen LogP contribution in [0.3, 0.4) is 0 Å². The van der Waals surface area contributed by atoms with Crippen LogP contribution in [-0.4, -0.2) is 48.7 Å². The molecule has 1 aliphatic heterocycles. The molecule has 146 valence electrons. The topological polar surface area (TPSA) is 67.6 Å². The molecule has 1 atom stereocenters. The molecule has 1 aromatic carbocycles. The fraction of sp³-hybridized carbons (Fsp3) is 0.667. The van der Waals surface area contributed by atoms with E-state index in [0.717, 1.165) is 45.3 Å². The van der Waals surface area contributed by atoms with Crippen LogP contribution in [0.4, 0.5) is 0 Å². The number of nitrogens with zero attached hydrogens (tertiary/aromatic N) is 1. The largest absolute Gasteiger partial charge is 0.378 e. The first-order chi connectivity index (χ1) is 12.5. The molecule has 0 radical (unpaired) electrons. The van der Waals surface area contributed by atoms with Gasteiger partial charge in [0, 0.05) is 32.8 Å². The Morgan fingerprint density at radius 3 is 2.65 bits per heavy atom. The number of rotatable bonds is 10. The maximum Gasteiger partial charge on any atom is 0.239 e. The van der Waals surface area contributed by atoms with E-state index in [4.69, 9.17) is 10.5 Å². The molecule has 1 amide bonds. The molecule has 0 saturated carbocycles. The Balaban J connectivity index is 1.54. The Bertz CT molecular complexity index is 525. The standard InChI is InChI=1S/C21H35N3O2/c1-3-12-21(2,22)20(25)23-13-7-16-26-19-10-14-24(15-11-19)17-18-8-5-4-6-9-18/h4-6,8-9,19H,3,7,10-17,22H2,1-2H3,(H,23,25). The van der Waals surface area contributed by atoms with Crippen molar-refractivity contribution in [1.82, 2.24) is 10.2 Å². The van der Waals surface area contributed by atoms with Crippen molar-refractivity contribution in [3.8, 4) is 0 Å². The summed E-state index contributed by atoms with van der Waals surface area (Å²) in [5.74, 6) is -0.0615. The number of carbonyl (C=O) groups is 1. The number of likely N-dealkylation sites (tertiary alicyclic amines) is 1. The number of piperidine rings is 1. The first-order valence-electron chi connectivity index (χ1n) is 9.96. The second-order valence-corrected chi connectivity index (χ2v) is 7.61. The number of nitrogens with one attached hydrogen (secondary N) is 1. The number of hydrogen-bond acceptors (Lipinski definition) is 4. The summed E-state index contributed by atoms with van der Waals surface area (Å²) in [6.07, 6.45) is 4.95. The van der Waals surface area contributed by atoms with Crippen LogP contribution in [-0.2, 0) is 16.1 Å². The van der Waals surface area contributed by atoms with Crippen molar-refractivity contribution in [3.05, 3.63) is 35.9 Å². The van der Waals surface area contributed by atoms with Crippen LogP contribution in [0.15, 0.2) is 30.3 Å². The zero-order valence-corrected chi connectivity index (χ0v) is 16.4. The first-order valence-corrected chi connectivity index (χ1v) is 9.96. The van der Waals surface area contributed by atoms with Gasteiger partial charge in [-0.05, 0) is 38.2 Å². The van der Waals surface area contributed by atoms with Gasteiger partial charge >= 0.3 is 0 Å². The zero-order chi connectivity index (χ0) is 18.8. The van der Waals surface area contributed by atoms with Gasteiger partial charge < -0.3 is 15.8 Å². The van der Waals surface area contributed by atoms with Crippen molar-refractivity contribution in [2.75, 3.05) is 26.2 Å². The molecule has 0 aliphatic carbocycles. The van der Waals surface area contributed by atoms with Gasteiger partial charge in [-0.15, -0.1) is 0 Å². The Labute approximate surface area is 158 Å². The van der Waals surface area contributed by atoms with Crippen LogP contribution in [0.1, 0.15) is 51.5 Å². The van der Waals surface area contributed by atoms with E-state index >= 15 is 0 Å². The molecule has 26 heavy (non-hydrogen) atoms. The Hall–Kier alpha value is -1.43. The highest BCUT2D eigenvalue weighted by Crippen LogP contribution is 2.16. The van der Waals surface area contributed by atoms with Crippen LogP contribution in [0, 0.1) is 0 Å². The fourth-order valence-corrected chi connectivity index (χ4v) is 3.43. The van der Waals surface area contributed by atoms with Crippen LogP contribution in [0.2, 0.25) is 0 Å². The lowest BCUT2D eigenvalue weighted by Gasteiger charge is -2.32. The lowest BCUT2D eigenvalue weighted by atomic mass is 9.96. The van der Waals surface area contributed by atoms with Crippen molar-refractivity contribution in [2.24, 2.45) is 5.73 Å². The molecule has 1 unspecified atom stereocenters. The number of amides is 1. The molecular formula is C21H35N3O2. The minimum absolute atomic E-state index is 0.0615. The van der Waals surface area contributed by atoms with Crippen LogP contribution in [0.5, 0.6) is 0 Å². The predicted molar refractivity (Wildman–Crippen MR) is 106 cm³/mol. The summed E-state index contributed by atoms with van der Waals surface area (Å²) in [5.41, 5.74) is 6.63. The molecule has 0 spiro atoms. The Morgan fingerprint density at radius 1 is 1.31 bits per heavy atom. The summed E-state index contributed by atoms with van der Waals surface area (Å²) < 4.78 is 5.99. The number of carbonyl (C=O) groups excluding carboxylic acids is 1. The van der Waals surface area contributed by atoms with Crippen LogP contribution >= 0.6 is 0 Å². The molecule has 5 heteroatoms. The quantitative estimate of drug-likeness (QED) is 0.629. The fourth-order valence-electron chi connectivity index (χ4n) is 3.43. The van der Waals surface area contributed by atoms with Crippen molar-refractivity contribution >= 4 is 5.91 Å². The maximum absolute atomic E-state index is 12.0. The molecule has 1 saturated heterocycles. The summed E-state index contributed by atoms with van der Waals surface area (Å²) >= 11 is 0. The molecule has 1 heterocycles. The van der Waals surface area contributed by atoms with E-state index < -0.39 is 5.54 Å². The van der Waals surface area contributed by atoms with Crippen molar-refractivity contribution in [3.63, 3.8) is 0 Å². The second kappa shape index (κ2) is 10.7. The summed E-state index contributed by atoms with van der Waals surface area (Å²) in [7, 11) is 0. The van der Waals surface area contributed by atoms with Gasteiger partial charge in [0.1, 0.15) is 0 Å². The average molecular weight is 362 g/mol. The molecule has 1 fully saturated rings. The second-order valence-electron chi connectivity index (χ2n) is 7.61. The van der Waals surface area contributed by atoms with Gasteiger partial charge in [0.2, 0.25) is 5.91 Å². The molecule has 2 rings (SSSR count). The van der Waals surface area contributed by atoms with Gasteiger partial charge in [0.25, 0.3) is 0 Å². The van der Waals surface area contributed by atoms with E-state index in [-0.39, 0.29) is 5.91 Å². The van der Waals surface area contributed by atoms with Gasteiger partial charge in [-0.2, -0.15) is 0 Å². The highest BCUT2D eigenvalue weighted by atomic mass is 16.5. The number of nitrogens with two attached hydrogens (primary N) is 1. The van der Waals surface area contributed by atoms with E-state index in [1.165, 1.54) is 5.56 Å². The number of ether oxygens (including phenoxy) is 1. The maximum atomic E-state index is 12.0. The molecule has 1 aromatic rings. The Morgan fingerprint density at radius 2 is 2.00 bits per heavy atom. The predicted octanol–water partition coefficient (Wildman–Crippen LogP) is 2.69. The third kappa shape index (κ3) is 7.06. The van der Waals surface area contributed by atoms with Crippen molar-refractivity contribution < 1.29 is 9.53 Å². The van der Waals surface area contributed by atoms with Crippen molar-refractivity contribution in [2.45, 2.75) is 64.1 Å².